The third kappa shape index (κ3) is 5.08. The Morgan fingerprint density at radius 2 is 2.07 bits per heavy atom. The molecule has 2 N–H and O–H groups in total. The Bertz CT molecular complexity index is 809. The molecule has 9 heteroatoms. The molecular formula is C19H25N5O4. The minimum Gasteiger partial charge on any atom is -0.475 e. The molecule has 150 valence electrons. The largest absolute Gasteiger partial charge is 0.475 e. The molecule has 9 nitrogen and oxygen atoms in total. The van der Waals surface area contributed by atoms with Gasteiger partial charge in [-0.25, -0.2) is 4.98 Å². The quantitative estimate of drug-likeness (QED) is 0.726. The minimum atomic E-state index is -0.360. The molecule has 0 bridgehead atoms. The van der Waals surface area contributed by atoms with E-state index < -0.39 is 0 Å². The molecular weight excluding hydrogens is 362 g/mol. The van der Waals surface area contributed by atoms with Gasteiger partial charge in [0.1, 0.15) is 12.3 Å². The summed E-state index contributed by atoms with van der Waals surface area (Å²) in [6.45, 7) is 2.36. The van der Waals surface area contributed by atoms with E-state index in [1.807, 2.05) is 48.2 Å². The molecule has 0 spiro atoms. The van der Waals surface area contributed by atoms with Gasteiger partial charge < -0.3 is 29.7 Å². The van der Waals surface area contributed by atoms with Crippen LogP contribution in [-0.2, 0) is 4.74 Å². The molecule has 1 amide bonds. The molecule has 0 radical (unpaired) electrons. The molecule has 1 aliphatic heterocycles. The maximum atomic E-state index is 12.8. The Morgan fingerprint density at radius 3 is 2.79 bits per heavy atom. The van der Waals surface area contributed by atoms with E-state index in [2.05, 4.69) is 15.3 Å². The highest BCUT2D eigenvalue weighted by Gasteiger charge is 2.19. The fraction of sp³-hybridized carbons (Fsp3) is 0.421. The second-order valence-corrected chi connectivity index (χ2v) is 6.46. The summed E-state index contributed by atoms with van der Waals surface area (Å²) in [5, 5.41) is 11.9. The van der Waals surface area contributed by atoms with Gasteiger partial charge in [-0.3, -0.25) is 4.79 Å². The van der Waals surface area contributed by atoms with Crippen LogP contribution in [0.3, 0.4) is 0 Å². The Hall–Kier alpha value is -2.91. The van der Waals surface area contributed by atoms with Gasteiger partial charge in [0.05, 0.1) is 19.8 Å². The van der Waals surface area contributed by atoms with Gasteiger partial charge in [-0.2, -0.15) is 4.98 Å². The van der Waals surface area contributed by atoms with Gasteiger partial charge in [-0.05, 0) is 18.2 Å². The maximum absolute atomic E-state index is 12.8. The van der Waals surface area contributed by atoms with Gasteiger partial charge >= 0.3 is 0 Å². The molecule has 1 aromatic carbocycles. The number of anilines is 3. The number of nitrogens with zero attached hydrogens (tertiary/aromatic N) is 4. The van der Waals surface area contributed by atoms with Crippen LogP contribution >= 0.6 is 0 Å². The van der Waals surface area contributed by atoms with E-state index in [0.29, 0.717) is 37.9 Å². The van der Waals surface area contributed by atoms with Crippen molar-refractivity contribution < 1.29 is 19.4 Å². The summed E-state index contributed by atoms with van der Waals surface area (Å²) < 4.78 is 10.8. The summed E-state index contributed by atoms with van der Waals surface area (Å²) >= 11 is 0. The van der Waals surface area contributed by atoms with Crippen LogP contribution in [-0.4, -0.2) is 74.6 Å². The molecule has 0 aliphatic carbocycles. The van der Waals surface area contributed by atoms with Crippen LogP contribution in [0.4, 0.5) is 17.3 Å². The summed E-state index contributed by atoms with van der Waals surface area (Å²) in [4.78, 5) is 25.5. The van der Waals surface area contributed by atoms with E-state index in [4.69, 9.17) is 14.6 Å². The third-order valence-electron chi connectivity index (χ3n) is 4.18. The van der Waals surface area contributed by atoms with Gasteiger partial charge in [0.15, 0.2) is 0 Å². The highest BCUT2D eigenvalue weighted by molar-refractivity contribution is 6.03. The van der Waals surface area contributed by atoms with Gasteiger partial charge in [0.2, 0.25) is 11.8 Å². The van der Waals surface area contributed by atoms with Gasteiger partial charge in [0.25, 0.3) is 5.91 Å². The number of nitrogens with one attached hydrogen (secondary N) is 1. The standard InChI is InChI=1S/C19H25N5O4/c1-23(2)15-5-3-4-14(12-15)20-18(26)16-13-17(28-11-8-25)22-19(21-16)24-6-9-27-10-7-24/h3-5,12-13,25H,6-11H2,1-2H3,(H,20,26). The summed E-state index contributed by atoms with van der Waals surface area (Å²) in [5.41, 5.74) is 1.83. The number of amides is 1. The molecule has 1 aromatic heterocycles. The predicted octanol–water partition coefficient (Wildman–Crippen LogP) is 1.00. The van der Waals surface area contributed by atoms with Crippen molar-refractivity contribution in [1.29, 1.82) is 0 Å². The Labute approximate surface area is 163 Å². The molecule has 1 saturated heterocycles. The zero-order valence-corrected chi connectivity index (χ0v) is 16.1. The van der Waals surface area contributed by atoms with Crippen LogP contribution < -0.4 is 19.9 Å². The minimum absolute atomic E-state index is 0.0888. The SMILES string of the molecule is CN(C)c1cccc(NC(=O)c2cc(OCCO)nc(N3CCOCC3)n2)c1. The lowest BCUT2D eigenvalue weighted by molar-refractivity contribution is 0.102. The van der Waals surface area contributed by atoms with Crippen LogP contribution in [0.2, 0.25) is 0 Å². The van der Waals surface area contributed by atoms with Crippen molar-refractivity contribution in [2.75, 3.05) is 68.7 Å². The first kappa shape index (κ1) is 19.8. The van der Waals surface area contributed by atoms with E-state index in [-0.39, 0.29) is 30.7 Å². The monoisotopic (exact) mass is 387 g/mol. The lowest BCUT2D eigenvalue weighted by atomic mass is 10.2. The number of hydrogen-bond donors (Lipinski definition) is 2. The van der Waals surface area contributed by atoms with Crippen LogP contribution in [0, 0.1) is 0 Å². The predicted molar refractivity (Wildman–Crippen MR) is 106 cm³/mol. The first-order chi connectivity index (χ1) is 13.6. The van der Waals surface area contributed by atoms with E-state index in [1.54, 1.807) is 0 Å². The average molecular weight is 387 g/mol. The smallest absolute Gasteiger partial charge is 0.274 e. The summed E-state index contributed by atoms with van der Waals surface area (Å²) in [5.74, 6) is 0.297. The molecule has 1 aliphatic rings. The van der Waals surface area contributed by atoms with Crippen molar-refractivity contribution in [1.82, 2.24) is 9.97 Å². The highest BCUT2D eigenvalue weighted by Crippen LogP contribution is 2.20. The van der Waals surface area contributed by atoms with E-state index in [0.717, 1.165) is 5.69 Å². The summed E-state index contributed by atoms with van der Waals surface area (Å²) in [7, 11) is 3.87. The van der Waals surface area contributed by atoms with Crippen molar-refractivity contribution in [2.24, 2.45) is 0 Å². The molecule has 2 aromatic rings. The number of hydrogen-bond acceptors (Lipinski definition) is 8. The Balaban J connectivity index is 1.84. The van der Waals surface area contributed by atoms with Crippen molar-refractivity contribution in [3.05, 3.63) is 36.0 Å². The normalized spacial score (nSPS) is 13.9. The van der Waals surface area contributed by atoms with Crippen molar-refractivity contribution in [3.8, 4) is 5.88 Å². The number of rotatable bonds is 7. The third-order valence-corrected chi connectivity index (χ3v) is 4.18. The number of carbonyl (C=O) groups excluding carboxylic acids is 1. The second-order valence-electron chi connectivity index (χ2n) is 6.46. The molecule has 1 fully saturated rings. The second kappa shape index (κ2) is 9.34. The fourth-order valence-electron chi connectivity index (χ4n) is 2.72. The lowest BCUT2D eigenvalue weighted by Crippen LogP contribution is -2.37. The van der Waals surface area contributed by atoms with Crippen molar-refractivity contribution in [3.63, 3.8) is 0 Å². The van der Waals surface area contributed by atoms with E-state index in [1.165, 1.54) is 6.07 Å². The molecule has 2 heterocycles. The highest BCUT2D eigenvalue weighted by atomic mass is 16.5. The number of carbonyl (C=O) groups is 1. The Morgan fingerprint density at radius 1 is 1.29 bits per heavy atom. The van der Waals surface area contributed by atoms with Crippen molar-refractivity contribution >= 4 is 23.2 Å². The van der Waals surface area contributed by atoms with E-state index >= 15 is 0 Å². The molecule has 0 unspecified atom stereocenters. The maximum Gasteiger partial charge on any atom is 0.274 e. The number of ether oxygens (including phenoxy) is 2. The molecule has 3 rings (SSSR count). The first-order valence-corrected chi connectivity index (χ1v) is 9.11. The Kier molecular flexibility index (Phi) is 6.62. The number of morpholine rings is 1. The van der Waals surface area contributed by atoms with Gasteiger partial charge in [-0.1, -0.05) is 6.07 Å². The van der Waals surface area contributed by atoms with Crippen LogP contribution in [0.1, 0.15) is 10.5 Å². The van der Waals surface area contributed by atoms with Gasteiger partial charge in [0, 0.05) is 44.6 Å². The molecule has 0 saturated carbocycles. The van der Waals surface area contributed by atoms with Crippen LogP contribution in [0.25, 0.3) is 0 Å². The summed E-state index contributed by atoms with van der Waals surface area (Å²) in [6.07, 6.45) is 0. The van der Waals surface area contributed by atoms with E-state index in [9.17, 15) is 4.79 Å². The summed E-state index contributed by atoms with van der Waals surface area (Å²) in [6, 6.07) is 9.01. The first-order valence-electron chi connectivity index (χ1n) is 9.11. The number of benzene rings is 1. The van der Waals surface area contributed by atoms with Crippen molar-refractivity contribution in [2.45, 2.75) is 0 Å². The topological polar surface area (TPSA) is 100 Å². The number of aliphatic hydroxyl groups is 1. The number of aliphatic hydroxyl groups excluding tert-OH is 1. The number of aromatic nitrogens is 2. The average Bonchev–Trinajstić information content (AvgIpc) is 2.72. The van der Waals surface area contributed by atoms with Crippen LogP contribution in [0.15, 0.2) is 30.3 Å². The zero-order valence-electron chi connectivity index (χ0n) is 16.1. The lowest BCUT2D eigenvalue weighted by Gasteiger charge is -2.27. The van der Waals surface area contributed by atoms with Gasteiger partial charge in [-0.15, -0.1) is 0 Å². The van der Waals surface area contributed by atoms with Crippen LogP contribution in [0.5, 0.6) is 5.88 Å². The molecule has 0 atom stereocenters. The molecule has 28 heavy (non-hydrogen) atoms. The zero-order chi connectivity index (χ0) is 19.9. The fourth-order valence-corrected chi connectivity index (χ4v) is 2.72.